The Morgan fingerprint density at radius 1 is 0.741 bits per heavy atom. The fourth-order valence-electron chi connectivity index (χ4n) is 3.37. The minimum absolute atomic E-state index is 0.349. The quantitative estimate of drug-likeness (QED) is 0.293. The Hall–Kier alpha value is -2.13. The van der Waals surface area contributed by atoms with E-state index >= 15 is 0 Å². The van der Waals surface area contributed by atoms with Crippen LogP contribution in [0, 0.1) is 0 Å². The molecule has 0 amide bonds. The first-order chi connectivity index (χ1) is 13.3. The second kappa shape index (κ2) is 9.70. The molecule has 0 saturated carbocycles. The van der Waals surface area contributed by atoms with Crippen molar-refractivity contribution >= 4 is 11.6 Å². The highest BCUT2D eigenvalue weighted by atomic mass is 35.5. The summed E-state index contributed by atoms with van der Waals surface area (Å²) in [6.45, 7) is 0.439. The minimum Gasteiger partial charge on any atom is -0.361 e. The maximum atomic E-state index is 11.9. The van der Waals surface area contributed by atoms with E-state index in [1.807, 2.05) is 91.0 Å². The van der Waals surface area contributed by atoms with Crippen molar-refractivity contribution in [2.75, 3.05) is 12.5 Å². The zero-order valence-electron chi connectivity index (χ0n) is 15.3. The first-order valence-electron chi connectivity index (χ1n) is 9.33. The van der Waals surface area contributed by atoms with E-state index in [1.54, 1.807) is 0 Å². The Balaban J connectivity index is 2.07. The van der Waals surface area contributed by atoms with Crippen molar-refractivity contribution in [2.45, 2.75) is 24.5 Å². The van der Waals surface area contributed by atoms with E-state index < -0.39 is 5.79 Å². The van der Waals surface area contributed by atoms with Crippen LogP contribution in [-0.2, 0) is 10.5 Å². The Labute approximate surface area is 166 Å². The smallest absolute Gasteiger partial charge is 0.203 e. The highest BCUT2D eigenvalue weighted by Gasteiger charge is 2.41. The van der Waals surface area contributed by atoms with Gasteiger partial charge in [0.1, 0.15) is 0 Å². The van der Waals surface area contributed by atoms with E-state index in [-0.39, 0.29) is 5.92 Å². The molecule has 3 aromatic rings. The number of alkyl halides is 1. The van der Waals surface area contributed by atoms with Gasteiger partial charge in [-0.2, -0.15) is 0 Å². The number of ether oxygens (including phenoxy) is 1. The highest BCUT2D eigenvalue weighted by molar-refractivity contribution is 6.17. The highest BCUT2D eigenvalue weighted by Crippen LogP contribution is 2.42. The fourth-order valence-corrected chi connectivity index (χ4v) is 3.56. The van der Waals surface area contributed by atoms with Gasteiger partial charge in [-0.1, -0.05) is 91.0 Å². The third-order valence-electron chi connectivity index (χ3n) is 4.69. The minimum atomic E-state index is -1.48. The van der Waals surface area contributed by atoms with Crippen LogP contribution in [0.5, 0.6) is 0 Å². The number of benzene rings is 3. The molecule has 3 heteroatoms. The summed E-state index contributed by atoms with van der Waals surface area (Å²) in [5.41, 5.74) is 2.76. The van der Waals surface area contributed by atoms with Gasteiger partial charge in [-0.3, -0.25) is 0 Å². The first kappa shape index (κ1) is 19.6. The molecule has 1 atom stereocenters. The van der Waals surface area contributed by atoms with Crippen LogP contribution in [0.15, 0.2) is 91.0 Å². The lowest BCUT2D eigenvalue weighted by Gasteiger charge is -2.37. The van der Waals surface area contributed by atoms with Gasteiger partial charge in [-0.05, 0) is 24.0 Å². The SMILES string of the molecule is OC(OCCCCCl)(c1ccccc1)C(c1ccccc1)c1ccccc1. The van der Waals surface area contributed by atoms with Crippen molar-refractivity contribution in [1.82, 2.24) is 0 Å². The van der Waals surface area contributed by atoms with E-state index in [4.69, 9.17) is 16.3 Å². The monoisotopic (exact) mass is 380 g/mol. The van der Waals surface area contributed by atoms with Crippen molar-refractivity contribution in [3.05, 3.63) is 108 Å². The van der Waals surface area contributed by atoms with Gasteiger partial charge < -0.3 is 9.84 Å². The largest absolute Gasteiger partial charge is 0.361 e. The van der Waals surface area contributed by atoms with Crippen LogP contribution in [0.1, 0.15) is 35.4 Å². The standard InChI is InChI=1S/C24H25ClO2/c25-18-10-11-19-27-24(26,22-16-8-3-9-17-22)23(20-12-4-1-5-13-20)21-14-6-2-7-15-21/h1-9,12-17,23,26H,10-11,18-19H2. The Morgan fingerprint density at radius 3 is 1.70 bits per heavy atom. The van der Waals surface area contributed by atoms with Gasteiger partial charge in [-0.25, -0.2) is 0 Å². The predicted octanol–water partition coefficient (Wildman–Crippen LogP) is 5.70. The van der Waals surface area contributed by atoms with Crippen molar-refractivity contribution in [3.8, 4) is 0 Å². The molecule has 0 spiro atoms. The van der Waals surface area contributed by atoms with E-state index in [9.17, 15) is 5.11 Å². The second-order valence-electron chi connectivity index (χ2n) is 6.56. The summed E-state index contributed by atoms with van der Waals surface area (Å²) in [5.74, 6) is -1.23. The van der Waals surface area contributed by atoms with Gasteiger partial charge in [0.15, 0.2) is 0 Å². The Kier molecular flexibility index (Phi) is 7.05. The average molecular weight is 381 g/mol. The summed E-state index contributed by atoms with van der Waals surface area (Å²) < 4.78 is 6.19. The van der Waals surface area contributed by atoms with Crippen molar-refractivity contribution in [3.63, 3.8) is 0 Å². The zero-order chi connectivity index (χ0) is 19.0. The first-order valence-corrected chi connectivity index (χ1v) is 9.87. The maximum Gasteiger partial charge on any atom is 0.203 e. The number of halogens is 1. The van der Waals surface area contributed by atoms with Crippen LogP contribution in [0.2, 0.25) is 0 Å². The Bertz CT molecular complexity index is 753. The molecule has 0 saturated heterocycles. The molecular weight excluding hydrogens is 356 g/mol. The molecule has 0 bridgehead atoms. The van der Waals surface area contributed by atoms with E-state index in [0.717, 1.165) is 29.5 Å². The summed E-state index contributed by atoms with van der Waals surface area (Å²) in [7, 11) is 0. The molecule has 0 radical (unpaired) electrons. The van der Waals surface area contributed by atoms with Gasteiger partial charge in [0.05, 0.1) is 12.5 Å². The van der Waals surface area contributed by atoms with Crippen LogP contribution >= 0.6 is 11.6 Å². The summed E-state index contributed by atoms with van der Waals surface area (Å²) in [6, 6.07) is 29.7. The summed E-state index contributed by atoms with van der Waals surface area (Å²) in [5, 5.41) is 11.9. The van der Waals surface area contributed by atoms with Crippen LogP contribution in [0.4, 0.5) is 0 Å². The molecule has 0 aromatic heterocycles. The Morgan fingerprint density at radius 2 is 1.22 bits per heavy atom. The number of aliphatic hydroxyl groups is 1. The van der Waals surface area contributed by atoms with Gasteiger partial charge >= 0.3 is 0 Å². The molecule has 27 heavy (non-hydrogen) atoms. The number of hydrogen-bond donors (Lipinski definition) is 1. The normalized spacial score (nSPS) is 13.4. The number of unbranched alkanes of at least 4 members (excludes halogenated alkanes) is 1. The average Bonchev–Trinajstić information content (AvgIpc) is 2.74. The molecule has 2 nitrogen and oxygen atoms in total. The molecule has 1 unspecified atom stereocenters. The molecule has 1 N–H and O–H groups in total. The summed E-state index contributed by atoms with van der Waals surface area (Å²) >= 11 is 5.80. The van der Waals surface area contributed by atoms with Crippen LogP contribution < -0.4 is 0 Å². The summed E-state index contributed by atoms with van der Waals surface area (Å²) in [6.07, 6.45) is 1.66. The molecule has 3 rings (SSSR count). The number of rotatable bonds is 9. The van der Waals surface area contributed by atoms with Crippen molar-refractivity contribution in [1.29, 1.82) is 0 Å². The molecule has 0 fully saturated rings. The predicted molar refractivity (Wildman–Crippen MR) is 111 cm³/mol. The molecule has 0 aliphatic heterocycles. The molecule has 140 valence electrons. The van der Waals surface area contributed by atoms with Gasteiger partial charge in [-0.15, -0.1) is 11.6 Å². The molecule has 3 aromatic carbocycles. The fraction of sp³-hybridized carbons (Fsp3) is 0.250. The number of hydrogen-bond acceptors (Lipinski definition) is 2. The van der Waals surface area contributed by atoms with Gasteiger partial charge in [0.2, 0.25) is 5.79 Å². The second-order valence-corrected chi connectivity index (χ2v) is 6.94. The summed E-state index contributed by atoms with van der Waals surface area (Å²) in [4.78, 5) is 0. The lowest BCUT2D eigenvalue weighted by molar-refractivity contribution is -0.222. The zero-order valence-corrected chi connectivity index (χ0v) is 16.1. The topological polar surface area (TPSA) is 29.5 Å². The maximum absolute atomic E-state index is 11.9. The molecule has 0 heterocycles. The lowest BCUT2D eigenvalue weighted by atomic mass is 9.80. The molecular formula is C24H25ClO2. The molecule has 0 aliphatic carbocycles. The van der Waals surface area contributed by atoms with Gasteiger partial charge in [0.25, 0.3) is 0 Å². The third-order valence-corrected chi connectivity index (χ3v) is 4.96. The van der Waals surface area contributed by atoms with Gasteiger partial charge in [0, 0.05) is 11.4 Å². The van der Waals surface area contributed by atoms with E-state index in [0.29, 0.717) is 12.5 Å². The van der Waals surface area contributed by atoms with E-state index in [1.165, 1.54) is 0 Å². The van der Waals surface area contributed by atoms with Crippen molar-refractivity contribution < 1.29 is 9.84 Å². The van der Waals surface area contributed by atoms with Crippen LogP contribution in [0.25, 0.3) is 0 Å². The molecule has 0 aliphatic rings. The third kappa shape index (κ3) is 4.78. The van der Waals surface area contributed by atoms with E-state index in [2.05, 4.69) is 0 Å². The van der Waals surface area contributed by atoms with Crippen molar-refractivity contribution in [2.24, 2.45) is 0 Å². The lowest BCUT2D eigenvalue weighted by Crippen LogP contribution is -2.37. The van der Waals surface area contributed by atoms with Crippen LogP contribution in [0.3, 0.4) is 0 Å². The van der Waals surface area contributed by atoms with Crippen LogP contribution in [-0.4, -0.2) is 17.6 Å².